The molecular formula is C22H22ClN5. The van der Waals surface area contributed by atoms with E-state index in [1.807, 2.05) is 18.2 Å². The highest BCUT2D eigenvalue weighted by Gasteiger charge is 2.17. The van der Waals surface area contributed by atoms with Gasteiger partial charge < -0.3 is 0 Å². The summed E-state index contributed by atoms with van der Waals surface area (Å²) in [6, 6.07) is 16.7. The molecule has 142 valence electrons. The number of nitrogens with zero attached hydrogens (tertiary/aromatic N) is 5. The topological polar surface area (TPSA) is 46.8 Å². The van der Waals surface area contributed by atoms with Crippen molar-refractivity contribution in [1.29, 1.82) is 0 Å². The minimum Gasteiger partial charge on any atom is -0.294 e. The Labute approximate surface area is 169 Å². The van der Waals surface area contributed by atoms with Crippen LogP contribution in [0.15, 0.2) is 61.2 Å². The molecule has 0 aliphatic heterocycles. The average Bonchev–Trinajstić information content (AvgIpc) is 3.26. The molecule has 2 heterocycles. The van der Waals surface area contributed by atoms with Gasteiger partial charge in [-0.25, -0.2) is 14.6 Å². The zero-order valence-corrected chi connectivity index (χ0v) is 16.9. The molecule has 28 heavy (non-hydrogen) atoms. The summed E-state index contributed by atoms with van der Waals surface area (Å²) in [6.45, 7) is 4.92. The van der Waals surface area contributed by atoms with E-state index >= 15 is 0 Å². The Balaban J connectivity index is 1.55. The Kier molecular flexibility index (Phi) is 5.11. The smallest absolute Gasteiger partial charge is 0.138 e. The first-order chi connectivity index (χ1) is 13.5. The summed E-state index contributed by atoms with van der Waals surface area (Å²) >= 11 is 6.64. The van der Waals surface area contributed by atoms with Gasteiger partial charge in [-0.1, -0.05) is 41.9 Å². The molecule has 1 unspecified atom stereocenters. The average molecular weight is 392 g/mol. The summed E-state index contributed by atoms with van der Waals surface area (Å²) < 4.78 is 1.75. The maximum atomic E-state index is 6.64. The van der Waals surface area contributed by atoms with Crippen molar-refractivity contribution in [2.45, 2.75) is 26.4 Å². The van der Waals surface area contributed by atoms with Gasteiger partial charge >= 0.3 is 0 Å². The quantitative estimate of drug-likeness (QED) is 0.482. The maximum absolute atomic E-state index is 6.64. The molecule has 0 saturated heterocycles. The number of fused-ring (bicyclic) bond motifs is 1. The predicted octanol–water partition coefficient (Wildman–Crippen LogP) is 4.97. The van der Waals surface area contributed by atoms with Gasteiger partial charge in [-0.05, 0) is 50.2 Å². The van der Waals surface area contributed by atoms with Gasteiger partial charge in [0.15, 0.2) is 0 Å². The minimum absolute atomic E-state index is 0.217. The molecule has 0 bridgehead atoms. The molecule has 2 aromatic heterocycles. The van der Waals surface area contributed by atoms with Gasteiger partial charge in [-0.2, -0.15) is 5.10 Å². The van der Waals surface area contributed by atoms with Crippen molar-refractivity contribution < 1.29 is 0 Å². The molecule has 0 spiro atoms. The van der Waals surface area contributed by atoms with Crippen LogP contribution in [0.2, 0.25) is 5.02 Å². The molecule has 4 aromatic rings. The summed E-state index contributed by atoms with van der Waals surface area (Å²) in [5.74, 6) is 0. The third kappa shape index (κ3) is 3.51. The number of aromatic nitrogens is 4. The van der Waals surface area contributed by atoms with Crippen LogP contribution in [0, 0.1) is 6.92 Å². The van der Waals surface area contributed by atoms with E-state index in [1.165, 1.54) is 11.9 Å². The lowest BCUT2D eigenvalue weighted by molar-refractivity contribution is 0.250. The molecular weight excluding hydrogens is 370 g/mol. The number of benzene rings is 2. The standard InChI is InChI=1S/C22H22ClN5/c1-15-19-6-4-5-7-20(19)26-21(22(15)23)12-27(3)16(2)17-8-10-18(11-9-17)28-14-24-13-25-28/h4-11,13-14,16H,12H2,1-3H3. The van der Waals surface area contributed by atoms with E-state index in [2.05, 4.69) is 66.2 Å². The number of halogens is 1. The molecule has 0 aliphatic carbocycles. The van der Waals surface area contributed by atoms with Crippen LogP contribution < -0.4 is 0 Å². The van der Waals surface area contributed by atoms with Crippen LogP contribution in [0.3, 0.4) is 0 Å². The number of hydrogen-bond donors (Lipinski definition) is 0. The Bertz CT molecular complexity index is 1090. The summed E-state index contributed by atoms with van der Waals surface area (Å²) in [5.41, 5.74) is 5.19. The monoisotopic (exact) mass is 391 g/mol. The molecule has 5 nitrogen and oxygen atoms in total. The fourth-order valence-corrected chi connectivity index (χ4v) is 3.60. The first kappa shape index (κ1) is 18.6. The summed E-state index contributed by atoms with van der Waals surface area (Å²) in [4.78, 5) is 11.1. The van der Waals surface area contributed by atoms with Crippen molar-refractivity contribution in [1.82, 2.24) is 24.6 Å². The second kappa shape index (κ2) is 7.70. The fraction of sp³-hybridized carbons (Fsp3) is 0.227. The van der Waals surface area contributed by atoms with Gasteiger partial charge in [-0.15, -0.1) is 0 Å². The summed E-state index contributed by atoms with van der Waals surface area (Å²) in [5, 5.41) is 6.02. The van der Waals surface area contributed by atoms with E-state index in [0.717, 1.165) is 32.9 Å². The first-order valence-electron chi connectivity index (χ1n) is 9.23. The van der Waals surface area contributed by atoms with Crippen molar-refractivity contribution in [2.75, 3.05) is 7.05 Å². The second-order valence-electron chi connectivity index (χ2n) is 7.04. The predicted molar refractivity (Wildman–Crippen MR) is 113 cm³/mol. The van der Waals surface area contributed by atoms with Crippen LogP contribution in [0.5, 0.6) is 0 Å². The van der Waals surface area contributed by atoms with E-state index in [9.17, 15) is 0 Å². The lowest BCUT2D eigenvalue weighted by Gasteiger charge is -2.25. The largest absolute Gasteiger partial charge is 0.294 e. The molecule has 0 aliphatic rings. The first-order valence-corrected chi connectivity index (χ1v) is 9.61. The van der Waals surface area contributed by atoms with Crippen LogP contribution >= 0.6 is 11.6 Å². The van der Waals surface area contributed by atoms with Gasteiger partial charge in [0, 0.05) is 18.0 Å². The third-order valence-corrected chi connectivity index (χ3v) is 5.77. The molecule has 0 N–H and O–H groups in total. The van der Waals surface area contributed by atoms with E-state index in [-0.39, 0.29) is 6.04 Å². The van der Waals surface area contributed by atoms with Gasteiger partial charge in [-0.3, -0.25) is 4.90 Å². The van der Waals surface area contributed by atoms with Crippen molar-refractivity contribution in [3.05, 3.63) is 83.0 Å². The van der Waals surface area contributed by atoms with Gasteiger partial charge in [0.25, 0.3) is 0 Å². The van der Waals surface area contributed by atoms with Crippen LogP contribution in [0.25, 0.3) is 16.6 Å². The molecule has 0 radical (unpaired) electrons. The van der Waals surface area contributed by atoms with Crippen LogP contribution in [-0.4, -0.2) is 31.7 Å². The maximum Gasteiger partial charge on any atom is 0.138 e. The van der Waals surface area contributed by atoms with Gasteiger partial charge in [0.2, 0.25) is 0 Å². The Morgan fingerprint density at radius 1 is 1.11 bits per heavy atom. The van der Waals surface area contributed by atoms with Crippen LogP contribution in [-0.2, 0) is 6.54 Å². The van der Waals surface area contributed by atoms with Crippen LogP contribution in [0.1, 0.15) is 29.8 Å². The van der Waals surface area contributed by atoms with Crippen molar-refractivity contribution in [3.8, 4) is 5.69 Å². The van der Waals surface area contributed by atoms with E-state index in [0.29, 0.717) is 6.54 Å². The number of rotatable bonds is 5. The molecule has 0 fully saturated rings. The number of pyridine rings is 1. The van der Waals surface area contributed by atoms with Crippen molar-refractivity contribution in [2.24, 2.45) is 0 Å². The highest BCUT2D eigenvalue weighted by Crippen LogP contribution is 2.29. The minimum atomic E-state index is 0.217. The molecule has 6 heteroatoms. The Hall–Kier alpha value is -2.76. The highest BCUT2D eigenvalue weighted by atomic mass is 35.5. The van der Waals surface area contributed by atoms with Gasteiger partial charge in [0.05, 0.1) is 21.9 Å². The second-order valence-corrected chi connectivity index (χ2v) is 7.42. The highest BCUT2D eigenvalue weighted by molar-refractivity contribution is 6.32. The number of aryl methyl sites for hydroxylation is 1. The fourth-order valence-electron chi connectivity index (χ4n) is 3.40. The number of hydrogen-bond acceptors (Lipinski definition) is 4. The third-order valence-electron chi connectivity index (χ3n) is 5.27. The van der Waals surface area contributed by atoms with Crippen molar-refractivity contribution in [3.63, 3.8) is 0 Å². The molecule has 2 aromatic carbocycles. The zero-order valence-electron chi connectivity index (χ0n) is 16.2. The van der Waals surface area contributed by atoms with Crippen LogP contribution in [0.4, 0.5) is 0 Å². The Morgan fingerprint density at radius 3 is 2.57 bits per heavy atom. The lowest BCUT2D eigenvalue weighted by atomic mass is 10.1. The molecule has 1 atom stereocenters. The van der Waals surface area contributed by atoms with E-state index < -0.39 is 0 Å². The zero-order chi connectivity index (χ0) is 19.7. The molecule has 0 amide bonds. The summed E-state index contributed by atoms with van der Waals surface area (Å²) in [7, 11) is 2.10. The van der Waals surface area contributed by atoms with Crippen molar-refractivity contribution >= 4 is 22.5 Å². The SMILES string of the molecule is Cc1c(Cl)c(CN(C)C(C)c2ccc(-n3cncn3)cc2)nc2ccccc12. The van der Waals surface area contributed by atoms with E-state index in [1.54, 1.807) is 11.0 Å². The summed E-state index contributed by atoms with van der Waals surface area (Å²) in [6.07, 6.45) is 3.23. The molecule has 4 rings (SSSR count). The number of para-hydroxylation sites is 1. The van der Waals surface area contributed by atoms with E-state index in [4.69, 9.17) is 16.6 Å². The lowest BCUT2D eigenvalue weighted by Crippen LogP contribution is -2.23. The normalized spacial score (nSPS) is 12.6. The Morgan fingerprint density at radius 2 is 1.86 bits per heavy atom. The van der Waals surface area contributed by atoms with Gasteiger partial charge in [0.1, 0.15) is 12.7 Å². The molecule has 0 saturated carbocycles.